The van der Waals surface area contributed by atoms with Crippen LogP contribution in [-0.4, -0.2) is 29.9 Å². The van der Waals surface area contributed by atoms with Crippen molar-refractivity contribution in [1.82, 2.24) is 4.90 Å². The Morgan fingerprint density at radius 1 is 1.36 bits per heavy atom. The van der Waals surface area contributed by atoms with Gasteiger partial charge in [0.25, 0.3) is 5.91 Å². The Morgan fingerprint density at radius 3 is 2.77 bits per heavy atom. The van der Waals surface area contributed by atoms with Crippen molar-refractivity contribution in [3.05, 3.63) is 45.9 Å². The van der Waals surface area contributed by atoms with E-state index in [-0.39, 0.29) is 17.8 Å². The van der Waals surface area contributed by atoms with E-state index < -0.39 is 0 Å². The second kappa shape index (κ2) is 6.18. The molecule has 3 rings (SSSR count). The molecule has 5 heteroatoms. The molecular weight excluding hydrogens is 299 g/mol. The number of hydrogen-bond acceptors (Lipinski definition) is 3. The predicted molar refractivity (Wildman–Crippen MR) is 87.6 cm³/mol. The number of hydrogen-bond donors (Lipinski definition) is 1. The highest BCUT2D eigenvalue weighted by molar-refractivity contribution is 7.14. The van der Waals surface area contributed by atoms with Gasteiger partial charge in [-0.15, -0.1) is 11.3 Å². The maximum atomic E-state index is 13.0. The minimum Gasteiger partial charge on any atom is -0.336 e. The highest BCUT2D eigenvalue weighted by Crippen LogP contribution is 2.32. The molecule has 0 aliphatic carbocycles. The van der Waals surface area contributed by atoms with E-state index in [1.54, 1.807) is 12.1 Å². The average molecular weight is 318 g/mol. The maximum absolute atomic E-state index is 13.0. The van der Waals surface area contributed by atoms with Gasteiger partial charge in [0.2, 0.25) is 0 Å². The first-order valence-electron chi connectivity index (χ1n) is 7.46. The normalized spacial score (nSPS) is 18.5. The molecule has 3 nitrogen and oxygen atoms in total. The van der Waals surface area contributed by atoms with Gasteiger partial charge in [0.15, 0.2) is 0 Å². The first-order valence-corrected chi connectivity index (χ1v) is 8.27. The van der Waals surface area contributed by atoms with Crippen LogP contribution in [0.15, 0.2) is 30.3 Å². The monoisotopic (exact) mass is 318 g/mol. The van der Waals surface area contributed by atoms with Crippen molar-refractivity contribution in [2.45, 2.75) is 25.8 Å². The number of benzene rings is 1. The second-order valence-electron chi connectivity index (χ2n) is 5.74. The number of carbonyl (C=O) groups is 1. The summed E-state index contributed by atoms with van der Waals surface area (Å²) in [5.74, 6) is -0.202. The Hall–Kier alpha value is -1.72. The van der Waals surface area contributed by atoms with Gasteiger partial charge >= 0.3 is 0 Å². The molecule has 0 unspecified atom stereocenters. The van der Waals surface area contributed by atoms with Gasteiger partial charge in [-0.1, -0.05) is 12.1 Å². The fourth-order valence-corrected chi connectivity index (χ4v) is 3.86. The van der Waals surface area contributed by atoms with E-state index in [1.165, 1.54) is 23.5 Å². The summed E-state index contributed by atoms with van der Waals surface area (Å²) in [5, 5.41) is 0. The quantitative estimate of drug-likeness (QED) is 0.922. The van der Waals surface area contributed by atoms with E-state index in [4.69, 9.17) is 5.73 Å². The zero-order valence-electron chi connectivity index (χ0n) is 12.5. The van der Waals surface area contributed by atoms with E-state index in [1.807, 2.05) is 17.9 Å². The van der Waals surface area contributed by atoms with Crippen molar-refractivity contribution in [1.29, 1.82) is 0 Å². The summed E-state index contributed by atoms with van der Waals surface area (Å²) in [7, 11) is 0. The lowest BCUT2D eigenvalue weighted by atomic mass is 10.1. The third-order valence-corrected chi connectivity index (χ3v) is 5.07. The number of nitrogens with zero attached hydrogens (tertiary/aromatic N) is 1. The molecule has 1 atom stereocenters. The van der Waals surface area contributed by atoms with Crippen molar-refractivity contribution in [3.8, 4) is 11.1 Å². The van der Waals surface area contributed by atoms with Gasteiger partial charge in [-0.2, -0.15) is 0 Å². The van der Waals surface area contributed by atoms with E-state index in [2.05, 4.69) is 0 Å². The molecule has 2 heterocycles. The highest BCUT2D eigenvalue weighted by atomic mass is 32.1. The molecule has 1 aliphatic rings. The van der Waals surface area contributed by atoms with Gasteiger partial charge in [-0.3, -0.25) is 4.79 Å². The summed E-state index contributed by atoms with van der Waals surface area (Å²) in [6.45, 7) is 3.39. The molecule has 1 fully saturated rings. The minimum atomic E-state index is -0.254. The molecule has 1 saturated heterocycles. The van der Waals surface area contributed by atoms with Gasteiger partial charge in [-0.25, -0.2) is 4.39 Å². The molecule has 0 saturated carbocycles. The van der Waals surface area contributed by atoms with Crippen LogP contribution < -0.4 is 5.73 Å². The number of piperidine rings is 1. The zero-order chi connectivity index (χ0) is 15.7. The van der Waals surface area contributed by atoms with E-state index in [0.717, 1.165) is 40.3 Å². The third-order valence-electron chi connectivity index (χ3n) is 4.03. The summed E-state index contributed by atoms with van der Waals surface area (Å²) in [6.07, 6.45) is 1.94. The molecule has 2 aromatic rings. The summed E-state index contributed by atoms with van der Waals surface area (Å²) >= 11 is 1.49. The fraction of sp³-hybridized carbons (Fsp3) is 0.353. The van der Waals surface area contributed by atoms with Crippen molar-refractivity contribution < 1.29 is 9.18 Å². The molecule has 1 aliphatic heterocycles. The van der Waals surface area contributed by atoms with Crippen LogP contribution in [0.3, 0.4) is 0 Å². The Morgan fingerprint density at radius 2 is 2.09 bits per heavy atom. The number of carbonyl (C=O) groups excluding carboxylic acids is 1. The molecule has 1 aromatic heterocycles. The van der Waals surface area contributed by atoms with Crippen molar-refractivity contribution in [2.24, 2.45) is 5.73 Å². The van der Waals surface area contributed by atoms with Gasteiger partial charge in [0.1, 0.15) is 5.82 Å². The standard InChI is InChI=1S/C17H19FN2OS/c1-11-15(12-4-6-13(18)7-5-12)9-16(22-11)17(21)20-8-2-3-14(19)10-20/h4-7,9,14H,2-3,8,10,19H2,1H3/t14-/m0/s1. The van der Waals surface area contributed by atoms with Crippen LogP contribution in [-0.2, 0) is 0 Å². The van der Waals surface area contributed by atoms with Crippen LogP contribution in [0.25, 0.3) is 11.1 Å². The Bertz CT molecular complexity index is 680. The van der Waals surface area contributed by atoms with Crippen molar-refractivity contribution in [3.63, 3.8) is 0 Å². The van der Waals surface area contributed by atoms with E-state index in [9.17, 15) is 9.18 Å². The number of halogens is 1. The van der Waals surface area contributed by atoms with Gasteiger partial charge in [-0.05, 0) is 49.1 Å². The number of amides is 1. The van der Waals surface area contributed by atoms with Crippen LogP contribution in [0.1, 0.15) is 27.4 Å². The molecule has 22 heavy (non-hydrogen) atoms. The molecular formula is C17H19FN2OS. The summed E-state index contributed by atoms with van der Waals surface area (Å²) in [4.78, 5) is 16.3. The Balaban J connectivity index is 1.85. The minimum absolute atomic E-state index is 0.0524. The second-order valence-corrected chi connectivity index (χ2v) is 7.00. The summed E-state index contributed by atoms with van der Waals surface area (Å²) < 4.78 is 13.0. The van der Waals surface area contributed by atoms with Gasteiger partial charge in [0, 0.05) is 24.0 Å². The van der Waals surface area contributed by atoms with Crippen LogP contribution >= 0.6 is 11.3 Å². The lowest BCUT2D eigenvalue weighted by Crippen LogP contribution is -2.45. The maximum Gasteiger partial charge on any atom is 0.264 e. The zero-order valence-corrected chi connectivity index (χ0v) is 13.3. The SMILES string of the molecule is Cc1sc(C(=O)N2CCC[C@H](N)C2)cc1-c1ccc(F)cc1. The first-order chi connectivity index (χ1) is 10.5. The molecule has 1 aromatic carbocycles. The fourth-order valence-electron chi connectivity index (χ4n) is 2.85. The Labute approximate surface area is 133 Å². The smallest absolute Gasteiger partial charge is 0.264 e. The average Bonchev–Trinajstić information content (AvgIpc) is 2.89. The third kappa shape index (κ3) is 3.05. The van der Waals surface area contributed by atoms with Crippen molar-refractivity contribution in [2.75, 3.05) is 13.1 Å². The van der Waals surface area contributed by atoms with Crippen LogP contribution in [0.2, 0.25) is 0 Å². The topological polar surface area (TPSA) is 46.3 Å². The molecule has 0 radical (unpaired) electrons. The molecule has 0 bridgehead atoms. The largest absolute Gasteiger partial charge is 0.336 e. The van der Waals surface area contributed by atoms with Crippen LogP contribution in [0.4, 0.5) is 4.39 Å². The first kappa shape index (κ1) is 15.2. The van der Waals surface area contributed by atoms with E-state index >= 15 is 0 Å². The number of thiophene rings is 1. The lowest BCUT2D eigenvalue weighted by Gasteiger charge is -2.30. The number of nitrogens with two attached hydrogens (primary N) is 1. The molecule has 2 N–H and O–H groups in total. The summed E-state index contributed by atoms with van der Waals surface area (Å²) in [5.41, 5.74) is 7.89. The van der Waals surface area contributed by atoms with Crippen molar-refractivity contribution >= 4 is 17.2 Å². The van der Waals surface area contributed by atoms with Gasteiger partial charge in [0.05, 0.1) is 4.88 Å². The Kier molecular flexibility index (Phi) is 4.27. The van der Waals surface area contributed by atoms with Crippen LogP contribution in [0.5, 0.6) is 0 Å². The molecule has 0 spiro atoms. The van der Waals surface area contributed by atoms with E-state index in [0.29, 0.717) is 6.54 Å². The molecule has 1 amide bonds. The number of rotatable bonds is 2. The predicted octanol–water partition coefficient (Wildman–Crippen LogP) is 3.43. The molecule has 116 valence electrons. The van der Waals surface area contributed by atoms with Crippen LogP contribution in [0, 0.1) is 12.7 Å². The highest BCUT2D eigenvalue weighted by Gasteiger charge is 2.24. The summed E-state index contributed by atoms with van der Waals surface area (Å²) in [6, 6.07) is 8.37. The number of likely N-dealkylation sites (tertiary alicyclic amines) is 1. The number of aryl methyl sites for hydroxylation is 1. The van der Waals surface area contributed by atoms with Gasteiger partial charge < -0.3 is 10.6 Å². The lowest BCUT2D eigenvalue weighted by molar-refractivity contribution is 0.0714.